The number of benzene rings is 1. The second kappa shape index (κ2) is 9.00. The van der Waals surface area contributed by atoms with Crippen molar-refractivity contribution >= 4 is 39.3 Å². The molecular weight excluding hydrogens is 392 g/mol. The minimum atomic E-state index is -0.553. The zero-order chi connectivity index (χ0) is 18.2. The van der Waals surface area contributed by atoms with Gasteiger partial charge in [-0.25, -0.2) is 0 Å². The number of halogens is 1. The Labute approximate surface area is 152 Å². The second-order valence-corrected chi connectivity index (χ2v) is 6.17. The first kappa shape index (κ1) is 18.7. The van der Waals surface area contributed by atoms with Crippen LogP contribution in [-0.2, 0) is 9.59 Å². The van der Waals surface area contributed by atoms with Gasteiger partial charge in [0.2, 0.25) is 0 Å². The van der Waals surface area contributed by atoms with E-state index in [1.165, 1.54) is 12.3 Å². The third-order valence-corrected chi connectivity index (χ3v) is 3.82. The van der Waals surface area contributed by atoms with E-state index in [0.717, 1.165) is 4.47 Å². The fraction of sp³-hybridized carbons (Fsp3) is 0.188. The quantitative estimate of drug-likeness (QED) is 0.502. The Hall–Kier alpha value is -2.65. The molecule has 0 saturated heterocycles. The lowest BCUT2D eigenvalue weighted by atomic mass is 10.3. The van der Waals surface area contributed by atoms with Gasteiger partial charge in [0.05, 0.1) is 19.0 Å². The van der Waals surface area contributed by atoms with Crippen molar-refractivity contribution in [2.75, 3.05) is 25.5 Å². The van der Waals surface area contributed by atoms with Gasteiger partial charge in [-0.1, -0.05) is 12.1 Å². The molecule has 9 heteroatoms. The van der Waals surface area contributed by atoms with Crippen LogP contribution in [0.1, 0.15) is 10.6 Å². The van der Waals surface area contributed by atoms with Crippen molar-refractivity contribution in [3.05, 3.63) is 52.9 Å². The number of hydrazine groups is 1. The van der Waals surface area contributed by atoms with Gasteiger partial charge in [-0.3, -0.25) is 25.2 Å². The third-order valence-electron chi connectivity index (χ3n) is 3.13. The molecule has 4 N–H and O–H groups in total. The first-order valence-corrected chi connectivity index (χ1v) is 8.23. The van der Waals surface area contributed by atoms with Gasteiger partial charge in [-0.15, -0.1) is 0 Å². The van der Waals surface area contributed by atoms with E-state index in [2.05, 4.69) is 32.1 Å². The van der Waals surface area contributed by atoms with Gasteiger partial charge in [0.1, 0.15) is 0 Å². The van der Waals surface area contributed by atoms with E-state index in [4.69, 9.17) is 4.42 Å². The predicted molar refractivity (Wildman–Crippen MR) is 93.7 cm³/mol. The summed E-state index contributed by atoms with van der Waals surface area (Å²) in [5, 5.41) is 2.76. The number of hydrogen-bond acceptors (Lipinski definition) is 4. The normalized spacial score (nSPS) is 11.4. The van der Waals surface area contributed by atoms with Crippen LogP contribution in [0.25, 0.3) is 0 Å². The number of hydrogen-bond donors (Lipinski definition) is 4. The van der Waals surface area contributed by atoms with Gasteiger partial charge in [0, 0.05) is 4.47 Å². The van der Waals surface area contributed by atoms with Gasteiger partial charge >= 0.3 is 5.91 Å². The van der Waals surface area contributed by atoms with Crippen LogP contribution in [0.4, 0.5) is 5.69 Å². The Balaban J connectivity index is 1.72. The number of amides is 3. The first-order chi connectivity index (χ1) is 12.0. The maximum Gasteiger partial charge on any atom is 0.305 e. The highest BCUT2D eigenvalue weighted by molar-refractivity contribution is 9.10. The van der Waals surface area contributed by atoms with Crippen molar-refractivity contribution in [2.45, 2.75) is 0 Å². The van der Waals surface area contributed by atoms with E-state index in [0.29, 0.717) is 10.6 Å². The van der Waals surface area contributed by atoms with Gasteiger partial charge < -0.3 is 14.6 Å². The molecule has 25 heavy (non-hydrogen) atoms. The van der Waals surface area contributed by atoms with Crippen LogP contribution in [0.3, 0.4) is 0 Å². The highest BCUT2D eigenvalue weighted by Crippen LogP contribution is 2.20. The molecule has 1 atom stereocenters. The molecule has 2 rings (SSSR count). The van der Waals surface area contributed by atoms with Crippen molar-refractivity contribution in [1.82, 2.24) is 10.9 Å². The van der Waals surface area contributed by atoms with E-state index >= 15 is 0 Å². The number of para-hydroxylation sites is 1. The molecule has 0 aliphatic rings. The van der Waals surface area contributed by atoms with E-state index < -0.39 is 11.8 Å². The molecule has 0 bridgehead atoms. The maximum absolute atomic E-state index is 12.0. The molecule has 3 amide bonds. The SMILES string of the molecule is C[NH+](CC(=O)NNC(=O)c1ccco1)CC(=O)Nc1ccccc1Br. The minimum absolute atomic E-state index is 0.0157. The summed E-state index contributed by atoms with van der Waals surface area (Å²) in [5.74, 6) is -1.11. The number of nitrogens with one attached hydrogen (secondary N) is 4. The molecule has 8 nitrogen and oxygen atoms in total. The molecule has 1 heterocycles. The Kier molecular flexibility index (Phi) is 6.72. The smallest absolute Gasteiger partial charge is 0.305 e. The van der Waals surface area contributed by atoms with Crippen LogP contribution in [0.2, 0.25) is 0 Å². The zero-order valence-corrected chi connectivity index (χ0v) is 15.1. The highest BCUT2D eigenvalue weighted by Gasteiger charge is 2.16. The van der Waals surface area contributed by atoms with Gasteiger partial charge in [0.15, 0.2) is 18.8 Å². The average Bonchev–Trinajstić information content (AvgIpc) is 3.09. The molecule has 0 fully saturated rings. The average molecular weight is 410 g/mol. The molecular formula is C16H18BrN4O4+. The standard InChI is InChI=1S/C16H17BrN4O4/c1-21(9-14(22)18-12-6-3-2-5-11(12)17)10-15(23)19-20-16(24)13-7-4-8-25-13/h2-8H,9-10H2,1H3,(H,18,22)(H,19,23)(H,20,24)/p+1. The number of carbonyl (C=O) groups is 3. The van der Waals surface area contributed by atoms with E-state index in [-0.39, 0.29) is 24.8 Å². The van der Waals surface area contributed by atoms with Gasteiger partial charge in [-0.05, 0) is 40.2 Å². The molecule has 1 aromatic carbocycles. The van der Waals surface area contributed by atoms with E-state index in [9.17, 15) is 14.4 Å². The van der Waals surface area contributed by atoms with Gasteiger partial charge in [-0.2, -0.15) is 0 Å². The van der Waals surface area contributed by atoms with Crippen molar-refractivity contribution < 1.29 is 23.7 Å². The number of rotatable bonds is 6. The fourth-order valence-electron chi connectivity index (χ4n) is 2.01. The summed E-state index contributed by atoms with van der Waals surface area (Å²) >= 11 is 3.35. The molecule has 0 saturated carbocycles. The van der Waals surface area contributed by atoms with Gasteiger partial charge in [0.25, 0.3) is 11.8 Å². The summed E-state index contributed by atoms with van der Waals surface area (Å²) in [6, 6.07) is 10.3. The number of likely N-dealkylation sites (N-methyl/N-ethyl adjacent to an activating group) is 1. The highest BCUT2D eigenvalue weighted by atomic mass is 79.9. The Morgan fingerprint density at radius 3 is 2.44 bits per heavy atom. The number of quaternary nitrogens is 1. The van der Waals surface area contributed by atoms with Crippen LogP contribution >= 0.6 is 15.9 Å². The summed E-state index contributed by atoms with van der Waals surface area (Å²) in [4.78, 5) is 36.1. The summed E-state index contributed by atoms with van der Waals surface area (Å²) < 4.78 is 5.68. The fourth-order valence-corrected chi connectivity index (χ4v) is 2.39. The Morgan fingerprint density at radius 1 is 1.04 bits per heavy atom. The monoisotopic (exact) mass is 409 g/mol. The van der Waals surface area contributed by atoms with Crippen molar-refractivity contribution in [2.24, 2.45) is 0 Å². The maximum atomic E-state index is 12.0. The summed E-state index contributed by atoms with van der Waals surface area (Å²) in [5.41, 5.74) is 5.18. The lowest BCUT2D eigenvalue weighted by molar-refractivity contribution is -0.862. The molecule has 0 spiro atoms. The van der Waals surface area contributed by atoms with Crippen LogP contribution < -0.4 is 21.1 Å². The Bertz CT molecular complexity index is 748. The predicted octanol–water partition coefficient (Wildman–Crippen LogP) is -0.0435. The number of carbonyl (C=O) groups excluding carboxylic acids is 3. The molecule has 1 aromatic heterocycles. The zero-order valence-electron chi connectivity index (χ0n) is 13.5. The van der Waals surface area contributed by atoms with Crippen molar-refractivity contribution in [1.29, 1.82) is 0 Å². The summed E-state index contributed by atoms with van der Waals surface area (Å²) in [6.45, 7) is 0.114. The number of furan rings is 1. The lowest BCUT2D eigenvalue weighted by Crippen LogP contribution is -3.11. The lowest BCUT2D eigenvalue weighted by Gasteiger charge is -2.14. The van der Waals surface area contributed by atoms with E-state index in [1.807, 2.05) is 18.2 Å². The largest absolute Gasteiger partial charge is 0.459 e. The van der Waals surface area contributed by atoms with Crippen LogP contribution in [0.5, 0.6) is 0 Å². The molecule has 0 radical (unpaired) electrons. The van der Waals surface area contributed by atoms with Crippen molar-refractivity contribution in [3.63, 3.8) is 0 Å². The molecule has 132 valence electrons. The minimum Gasteiger partial charge on any atom is -0.459 e. The molecule has 1 unspecified atom stereocenters. The van der Waals surface area contributed by atoms with Crippen LogP contribution in [0.15, 0.2) is 51.6 Å². The topological polar surface area (TPSA) is 105 Å². The summed E-state index contributed by atoms with van der Waals surface area (Å²) in [7, 11) is 1.70. The van der Waals surface area contributed by atoms with Crippen LogP contribution in [0, 0.1) is 0 Å². The third kappa shape index (κ3) is 6.05. The molecule has 0 aliphatic carbocycles. The molecule has 0 aliphatic heterocycles. The van der Waals surface area contributed by atoms with Crippen molar-refractivity contribution in [3.8, 4) is 0 Å². The number of anilines is 1. The summed E-state index contributed by atoms with van der Waals surface area (Å²) in [6.07, 6.45) is 1.36. The second-order valence-electron chi connectivity index (χ2n) is 5.32. The van der Waals surface area contributed by atoms with Crippen LogP contribution in [-0.4, -0.2) is 37.9 Å². The Morgan fingerprint density at radius 2 is 1.76 bits per heavy atom. The first-order valence-electron chi connectivity index (χ1n) is 7.44. The van der Waals surface area contributed by atoms with E-state index in [1.54, 1.807) is 19.2 Å². The molecule has 2 aromatic rings.